The van der Waals surface area contributed by atoms with Gasteiger partial charge in [0.05, 0.1) is 17.0 Å². The van der Waals surface area contributed by atoms with E-state index in [1.54, 1.807) is 0 Å². The van der Waals surface area contributed by atoms with E-state index in [0.29, 0.717) is 6.54 Å². The average Bonchev–Trinajstić information content (AvgIpc) is 2.36. The first-order chi connectivity index (χ1) is 9.04. The average molecular weight is 284 g/mol. The molecule has 104 valence electrons. The lowest BCUT2D eigenvalue weighted by Gasteiger charge is -2.05. The summed E-state index contributed by atoms with van der Waals surface area (Å²) in [4.78, 5) is 26.2. The second-order valence-corrected chi connectivity index (χ2v) is 5.34. The molecule has 0 saturated heterocycles. The van der Waals surface area contributed by atoms with Crippen molar-refractivity contribution in [2.45, 2.75) is 19.1 Å². The molecule has 0 bridgehead atoms. The van der Waals surface area contributed by atoms with Gasteiger partial charge in [-0.25, -0.2) is 4.79 Å². The minimum Gasteiger partial charge on any atom is -0.478 e. The first-order valence-corrected chi connectivity index (χ1v) is 7.32. The van der Waals surface area contributed by atoms with Crippen molar-refractivity contribution in [2.24, 2.45) is 0 Å². The van der Waals surface area contributed by atoms with Gasteiger partial charge in [0, 0.05) is 23.5 Å². The molecular formula is C12H16N2O4S. The highest BCUT2D eigenvalue weighted by Crippen LogP contribution is 2.08. The van der Waals surface area contributed by atoms with E-state index in [1.165, 1.54) is 18.3 Å². The fraction of sp³-hybridized carbons (Fsp3) is 0.417. The number of carboxylic acids is 1. The summed E-state index contributed by atoms with van der Waals surface area (Å²) < 4.78 is 11.8. The van der Waals surface area contributed by atoms with Crippen LogP contribution in [0.15, 0.2) is 18.3 Å². The summed E-state index contributed by atoms with van der Waals surface area (Å²) in [6.45, 7) is 2.46. The Kier molecular flexibility index (Phi) is 6.14. The summed E-state index contributed by atoms with van der Waals surface area (Å²) in [6, 6.07) is 2.91. The molecule has 1 aromatic heterocycles. The van der Waals surface area contributed by atoms with Gasteiger partial charge in [0.25, 0.3) is 0 Å². The maximum absolute atomic E-state index is 11.8. The van der Waals surface area contributed by atoms with E-state index in [2.05, 4.69) is 10.3 Å². The molecule has 1 atom stereocenters. The second-order valence-electron chi connectivity index (χ2n) is 3.88. The van der Waals surface area contributed by atoms with Gasteiger partial charge in [-0.2, -0.15) is 0 Å². The quantitative estimate of drug-likeness (QED) is 0.762. The molecule has 0 radical (unpaired) electrons. The van der Waals surface area contributed by atoms with Gasteiger partial charge in [-0.3, -0.25) is 14.0 Å². The van der Waals surface area contributed by atoms with Gasteiger partial charge in [0.15, 0.2) is 0 Å². The molecule has 1 aromatic rings. The Balaban J connectivity index is 2.62. The number of rotatable bonds is 7. The molecule has 1 amide bonds. The zero-order chi connectivity index (χ0) is 14.3. The van der Waals surface area contributed by atoms with Crippen molar-refractivity contribution < 1.29 is 18.9 Å². The van der Waals surface area contributed by atoms with Gasteiger partial charge in [-0.15, -0.1) is 0 Å². The van der Waals surface area contributed by atoms with Crippen molar-refractivity contribution in [3.05, 3.63) is 29.6 Å². The predicted octanol–water partition coefficient (Wildman–Crippen LogP) is 0.555. The van der Waals surface area contributed by atoms with E-state index >= 15 is 0 Å². The molecule has 0 fully saturated rings. The number of nitrogens with zero attached hydrogens (tertiary/aromatic N) is 1. The number of hydrogen-bond donors (Lipinski definition) is 2. The van der Waals surface area contributed by atoms with Crippen LogP contribution in [0.1, 0.15) is 29.4 Å². The minimum atomic E-state index is -1.47. The molecule has 19 heavy (non-hydrogen) atoms. The third kappa shape index (κ3) is 5.17. The summed E-state index contributed by atoms with van der Waals surface area (Å²) >= 11 is 0. The number of amides is 1. The Morgan fingerprint density at radius 1 is 1.47 bits per heavy atom. The van der Waals surface area contributed by atoms with Crippen LogP contribution in [0.4, 0.5) is 0 Å². The first-order valence-electron chi connectivity index (χ1n) is 5.83. The Bertz CT molecular complexity index is 490. The Hall–Kier alpha value is -1.76. The molecule has 7 heteroatoms. The maximum atomic E-state index is 11.8. The van der Waals surface area contributed by atoms with Crippen LogP contribution < -0.4 is 5.32 Å². The zero-order valence-electron chi connectivity index (χ0n) is 10.6. The monoisotopic (exact) mass is 284 g/mol. The Labute approximate surface area is 113 Å². The molecule has 0 saturated carbocycles. The fourth-order valence-corrected chi connectivity index (χ4v) is 2.44. The molecule has 0 aliphatic heterocycles. The molecule has 0 aromatic carbocycles. The van der Waals surface area contributed by atoms with Crippen LogP contribution in [0.3, 0.4) is 0 Å². The van der Waals surface area contributed by atoms with Gasteiger partial charge < -0.3 is 10.4 Å². The smallest absolute Gasteiger partial charge is 0.337 e. The van der Waals surface area contributed by atoms with E-state index in [0.717, 1.165) is 6.42 Å². The van der Waals surface area contributed by atoms with E-state index < -0.39 is 16.8 Å². The number of carboxylic acid groups (broad SMARTS) is 1. The third-order valence-corrected chi connectivity index (χ3v) is 3.46. The molecule has 1 rings (SSSR count). The standard InChI is InChI=1S/C12H16N2O4S/c1-2-5-14-11(15)8-19(18)7-10-9(12(16)17)4-3-6-13-10/h3-4,6H,2,5,7-8H2,1H3,(H,14,15)(H,16,17). The van der Waals surface area contributed by atoms with Gasteiger partial charge in [-0.05, 0) is 18.6 Å². The SMILES string of the molecule is CCCNC(=O)CS(=O)Cc1ncccc1C(=O)O. The van der Waals surface area contributed by atoms with Crippen LogP contribution >= 0.6 is 0 Å². The van der Waals surface area contributed by atoms with Crippen LogP contribution in [-0.2, 0) is 21.3 Å². The van der Waals surface area contributed by atoms with Crippen LogP contribution in [0.25, 0.3) is 0 Å². The van der Waals surface area contributed by atoms with Crippen molar-refractivity contribution in [3.63, 3.8) is 0 Å². The molecule has 0 spiro atoms. The van der Waals surface area contributed by atoms with Crippen molar-refractivity contribution >= 4 is 22.7 Å². The van der Waals surface area contributed by atoms with Crippen LogP contribution in [0.5, 0.6) is 0 Å². The van der Waals surface area contributed by atoms with Crippen LogP contribution in [-0.4, -0.2) is 38.5 Å². The van der Waals surface area contributed by atoms with Gasteiger partial charge in [0.2, 0.25) is 5.91 Å². The molecule has 1 unspecified atom stereocenters. The first kappa shape index (κ1) is 15.3. The lowest BCUT2D eigenvalue weighted by molar-refractivity contribution is -0.118. The maximum Gasteiger partial charge on any atom is 0.337 e. The summed E-state index contributed by atoms with van der Waals surface area (Å²) in [6.07, 6.45) is 2.25. The predicted molar refractivity (Wildman–Crippen MR) is 71.2 cm³/mol. The topological polar surface area (TPSA) is 96.4 Å². The van der Waals surface area contributed by atoms with Crippen LogP contribution in [0, 0.1) is 0 Å². The van der Waals surface area contributed by atoms with Gasteiger partial charge >= 0.3 is 5.97 Å². The summed E-state index contributed by atoms with van der Waals surface area (Å²) in [7, 11) is -1.47. The van der Waals surface area contributed by atoms with Gasteiger partial charge in [0.1, 0.15) is 5.75 Å². The number of carbonyl (C=O) groups is 2. The molecule has 2 N–H and O–H groups in total. The number of aromatic nitrogens is 1. The lowest BCUT2D eigenvalue weighted by atomic mass is 10.2. The largest absolute Gasteiger partial charge is 0.478 e. The normalized spacial score (nSPS) is 11.8. The Morgan fingerprint density at radius 3 is 2.84 bits per heavy atom. The van der Waals surface area contributed by atoms with E-state index in [9.17, 15) is 13.8 Å². The minimum absolute atomic E-state index is 0.0183. The number of aromatic carboxylic acids is 1. The molecule has 0 aliphatic rings. The fourth-order valence-electron chi connectivity index (χ4n) is 1.41. The summed E-state index contributed by atoms with van der Waals surface area (Å²) in [5.74, 6) is -1.60. The summed E-state index contributed by atoms with van der Waals surface area (Å²) in [5.41, 5.74) is 0.251. The Morgan fingerprint density at radius 2 is 2.21 bits per heavy atom. The number of hydrogen-bond acceptors (Lipinski definition) is 4. The van der Waals surface area contributed by atoms with Crippen molar-refractivity contribution in [1.82, 2.24) is 10.3 Å². The van der Waals surface area contributed by atoms with Crippen molar-refractivity contribution in [3.8, 4) is 0 Å². The zero-order valence-corrected chi connectivity index (χ0v) is 11.4. The van der Waals surface area contributed by atoms with Crippen LogP contribution in [0.2, 0.25) is 0 Å². The van der Waals surface area contributed by atoms with E-state index in [4.69, 9.17) is 5.11 Å². The number of nitrogens with one attached hydrogen (secondary N) is 1. The van der Waals surface area contributed by atoms with Gasteiger partial charge in [-0.1, -0.05) is 6.92 Å². The highest BCUT2D eigenvalue weighted by atomic mass is 32.2. The molecule has 0 aliphatic carbocycles. The van der Waals surface area contributed by atoms with E-state index in [1.807, 2.05) is 6.92 Å². The molecular weight excluding hydrogens is 268 g/mol. The molecule has 6 nitrogen and oxygen atoms in total. The number of pyridine rings is 1. The van der Waals surface area contributed by atoms with E-state index in [-0.39, 0.29) is 28.7 Å². The highest BCUT2D eigenvalue weighted by Gasteiger charge is 2.15. The summed E-state index contributed by atoms with van der Waals surface area (Å²) in [5, 5.41) is 11.6. The third-order valence-electron chi connectivity index (χ3n) is 2.28. The second kappa shape index (κ2) is 7.63. The van der Waals surface area contributed by atoms with Crippen molar-refractivity contribution in [2.75, 3.05) is 12.3 Å². The lowest BCUT2D eigenvalue weighted by Crippen LogP contribution is -2.29. The number of carbonyl (C=O) groups excluding carboxylic acids is 1. The molecule has 1 heterocycles. The highest BCUT2D eigenvalue weighted by molar-refractivity contribution is 7.84. The van der Waals surface area contributed by atoms with Crippen molar-refractivity contribution in [1.29, 1.82) is 0 Å².